The minimum absolute atomic E-state index is 0.0500. The Labute approximate surface area is 160 Å². The first-order valence-electron chi connectivity index (χ1n) is 7.20. The van der Waals surface area contributed by atoms with Gasteiger partial charge in [0.2, 0.25) is 0 Å². The van der Waals surface area contributed by atoms with Crippen LogP contribution in [0.2, 0.25) is 5.02 Å². The van der Waals surface area contributed by atoms with Gasteiger partial charge in [0, 0.05) is 6.07 Å². The van der Waals surface area contributed by atoms with Gasteiger partial charge in [-0.15, -0.1) is 0 Å². The molecule has 0 aromatic heterocycles. The first-order chi connectivity index (χ1) is 12.1. The van der Waals surface area contributed by atoms with Gasteiger partial charge in [-0.3, -0.25) is 0 Å². The molecule has 26 heavy (non-hydrogen) atoms. The van der Waals surface area contributed by atoms with E-state index in [4.69, 9.17) is 21.1 Å². The predicted octanol–water partition coefficient (Wildman–Crippen LogP) is 5.85. The largest absolute Gasteiger partial charge is 0.478 e. The molecule has 0 aliphatic heterocycles. The van der Waals surface area contributed by atoms with Crippen LogP contribution in [0.5, 0.6) is 17.2 Å². The lowest BCUT2D eigenvalue weighted by Crippen LogP contribution is -2.25. The molecule has 1 unspecified atom stereocenters. The minimum Gasteiger partial charge on any atom is -0.478 e. The Bertz CT molecular complexity index is 811. The summed E-state index contributed by atoms with van der Waals surface area (Å²) in [5.74, 6) is 0.0494. The number of benzene rings is 2. The number of ether oxygens (including phenoxy) is 3. The maximum Gasteiger partial charge on any atom is 0.416 e. The van der Waals surface area contributed by atoms with Gasteiger partial charge in [0.05, 0.1) is 22.2 Å². The molecule has 0 radical (unpaired) electrons. The molecule has 0 saturated heterocycles. The summed E-state index contributed by atoms with van der Waals surface area (Å²) in [6.45, 7) is 1.51. The van der Waals surface area contributed by atoms with Gasteiger partial charge < -0.3 is 14.2 Å². The molecule has 2 rings (SSSR count). The predicted molar refractivity (Wildman–Crippen MR) is 92.8 cm³/mol. The fraction of sp³-hybridized carbons (Fsp3) is 0.235. The fourth-order valence-electron chi connectivity index (χ4n) is 1.93. The molecule has 1 atom stereocenters. The molecule has 2 aromatic carbocycles. The quantitative estimate of drug-likeness (QED) is 0.533. The summed E-state index contributed by atoms with van der Waals surface area (Å²) in [7, 11) is 1.24. The summed E-state index contributed by atoms with van der Waals surface area (Å²) in [5.41, 5.74) is -0.874. The van der Waals surface area contributed by atoms with Crippen molar-refractivity contribution in [3.05, 3.63) is 51.5 Å². The van der Waals surface area contributed by atoms with Crippen LogP contribution in [0.1, 0.15) is 12.5 Å². The number of alkyl halides is 3. The van der Waals surface area contributed by atoms with Crippen molar-refractivity contribution < 1.29 is 32.2 Å². The third-order valence-corrected chi connectivity index (χ3v) is 4.18. The van der Waals surface area contributed by atoms with Crippen LogP contribution in [0.3, 0.4) is 0 Å². The Morgan fingerprint density at radius 1 is 1.15 bits per heavy atom. The lowest BCUT2D eigenvalue weighted by Gasteiger charge is -2.15. The minimum atomic E-state index is -4.50. The van der Waals surface area contributed by atoms with Crippen LogP contribution in [-0.4, -0.2) is 19.2 Å². The van der Waals surface area contributed by atoms with Gasteiger partial charge in [0.25, 0.3) is 0 Å². The Morgan fingerprint density at radius 3 is 2.42 bits per heavy atom. The van der Waals surface area contributed by atoms with Gasteiger partial charge in [0.1, 0.15) is 17.2 Å². The molecule has 9 heteroatoms. The highest BCUT2D eigenvalue weighted by Gasteiger charge is 2.31. The molecular formula is C17H13BrClF3O4. The summed E-state index contributed by atoms with van der Waals surface area (Å²) < 4.78 is 54.2. The van der Waals surface area contributed by atoms with Crippen molar-refractivity contribution in [2.45, 2.75) is 19.2 Å². The van der Waals surface area contributed by atoms with Gasteiger partial charge >= 0.3 is 12.1 Å². The highest BCUT2D eigenvalue weighted by Crippen LogP contribution is 2.38. The molecule has 0 bridgehead atoms. The SMILES string of the molecule is COC(=O)C(C)Oc1cc(Oc2ccc(C(F)(F)F)cc2Cl)ccc1Br. The van der Waals surface area contributed by atoms with Crippen LogP contribution in [0, 0.1) is 0 Å². The van der Waals surface area contributed by atoms with E-state index in [-0.39, 0.29) is 16.5 Å². The summed E-state index contributed by atoms with van der Waals surface area (Å²) >= 11 is 9.15. The van der Waals surface area contributed by atoms with Gasteiger partial charge in [-0.1, -0.05) is 11.6 Å². The van der Waals surface area contributed by atoms with E-state index >= 15 is 0 Å². The van der Waals surface area contributed by atoms with Crippen molar-refractivity contribution in [1.29, 1.82) is 0 Å². The van der Waals surface area contributed by atoms with E-state index in [0.29, 0.717) is 10.2 Å². The molecule has 140 valence electrons. The van der Waals surface area contributed by atoms with E-state index in [1.807, 2.05) is 0 Å². The lowest BCUT2D eigenvalue weighted by molar-refractivity contribution is -0.148. The number of carbonyl (C=O) groups is 1. The second-order valence-electron chi connectivity index (χ2n) is 5.12. The van der Waals surface area contributed by atoms with Crippen LogP contribution in [0.4, 0.5) is 13.2 Å². The molecule has 0 saturated carbocycles. The summed E-state index contributed by atoms with van der Waals surface area (Å²) in [6, 6.07) is 7.42. The van der Waals surface area contributed by atoms with Crippen molar-refractivity contribution in [3.63, 3.8) is 0 Å². The van der Waals surface area contributed by atoms with Crippen LogP contribution < -0.4 is 9.47 Å². The van der Waals surface area contributed by atoms with Crippen molar-refractivity contribution in [1.82, 2.24) is 0 Å². The van der Waals surface area contributed by atoms with E-state index in [1.54, 1.807) is 12.1 Å². The van der Waals surface area contributed by atoms with Gasteiger partial charge in [-0.05, 0) is 53.2 Å². The van der Waals surface area contributed by atoms with Crippen LogP contribution in [0.25, 0.3) is 0 Å². The summed E-state index contributed by atoms with van der Waals surface area (Å²) in [5, 5.41) is -0.187. The van der Waals surface area contributed by atoms with Gasteiger partial charge in [-0.25, -0.2) is 4.79 Å². The molecular weight excluding hydrogens is 441 g/mol. The van der Waals surface area contributed by atoms with Crippen molar-refractivity contribution in [3.8, 4) is 17.2 Å². The van der Waals surface area contributed by atoms with Gasteiger partial charge in [0.15, 0.2) is 6.10 Å². The topological polar surface area (TPSA) is 44.8 Å². The van der Waals surface area contributed by atoms with Crippen LogP contribution in [0.15, 0.2) is 40.9 Å². The Kier molecular flexibility index (Phi) is 6.41. The zero-order valence-corrected chi connectivity index (χ0v) is 15.9. The van der Waals surface area contributed by atoms with Crippen molar-refractivity contribution in [2.75, 3.05) is 7.11 Å². The monoisotopic (exact) mass is 452 g/mol. The molecule has 0 N–H and O–H groups in total. The molecule has 0 heterocycles. The zero-order valence-electron chi connectivity index (χ0n) is 13.6. The Balaban J connectivity index is 2.23. The molecule has 0 aliphatic rings. The molecule has 0 aliphatic carbocycles. The second-order valence-corrected chi connectivity index (χ2v) is 6.38. The number of methoxy groups -OCH3 is 1. The van der Waals surface area contributed by atoms with Crippen LogP contribution >= 0.6 is 27.5 Å². The van der Waals surface area contributed by atoms with Crippen molar-refractivity contribution >= 4 is 33.5 Å². The number of hydrogen-bond donors (Lipinski definition) is 0. The van der Waals surface area contributed by atoms with E-state index in [1.165, 1.54) is 20.1 Å². The third kappa shape index (κ3) is 5.04. The normalized spacial score (nSPS) is 12.4. The van der Waals surface area contributed by atoms with Gasteiger partial charge in [-0.2, -0.15) is 13.2 Å². The van der Waals surface area contributed by atoms with E-state index in [0.717, 1.165) is 18.2 Å². The highest BCUT2D eigenvalue weighted by atomic mass is 79.9. The molecule has 0 spiro atoms. The standard InChI is InChI=1S/C17H13BrClF3O4/c1-9(16(23)24-2)25-15-8-11(4-5-12(15)18)26-14-6-3-10(7-13(14)19)17(20,21)22/h3-9H,1-2H3. The lowest BCUT2D eigenvalue weighted by atomic mass is 10.2. The zero-order chi connectivity index (χ0) is 19.5. The second kappa shape index (κ2) is 8.18. The molecule has 0 amide bonds. The van der Waals surface area contributed by atoms with E-state index in [2.05, 4.69) is 20.7 Å². The number of halogens is 5. The van der Waals surface area contributed by atoms with E-state index in [9.17, 15) is 18.0 Å². The van der Waals surface area contributed by atoms with Crippen molar-refractivity contribution in [2.24, 2.45) is 0 Å². The fourth-order valence-corrected chi connectivity index (χ4v) is 2.49. The number of rotatable bonds is 5. The maximum atomic E-state index is 12.7. The molecule has 0 fully saturated rings. The first-order valence-corrected chi connectivity index (χ1v) is 8.37. The first kappa shape index (κ1) is 20.4. The van der Waals surface area contributed by atoms with Crippen LogP contribution in [-0.2, 0) is 15.7 Å². The Hall–Kier alpha value is -1.93. The Morgan fingerprint density at radius 2 is 1.85 bits per heavy atom. The third-order valence-electron chi connectivity index (χ3n) is 3.23. The average molecular weight is 454 g/mol. The number of esters is 1. The highest BCUT2D eigenvalue weighted by molar-refractivity contribution is 9.10. The summed E-state index contributed by atoms with van der Waals surface area (Å²) in [4.78, 5) is 11.5. The average Bonchev–Trinajstić information content (AvgIpc) is 2.57. The van der Waals surface area contributed by atoms with E-state index < -0.39 is 23.8 Å². The molecule has 4 nitrogen and oxygen atoms in total. The number of carbonyl (C=O) groups excluding carboxylic acids is 1. The maximum absolute atomic E-state index is 12.7. The summed E-state index contributed by atoms with van der Waals surface area (Å²) in [6.07, 6.45) is -5.36. The smallest absolute Gasteiger partial charge is 0.416 e. The number of hydrogen-bond acceptors (Lipinski definition) is 4. The molecule has 2 aromatic rings.